The minimum Gasteiger partial charge on any atom is -0.378 e. The molecule has 32 heavy (non-hydrogen) atoms. The summed E-state index contributed by atoms with van der Waals surface area (Å²) in [5.41, 5.74) is 7.58. The second kappa shape index (κ2) is 8.91. The fraction of sp³-hybridized carbons (Fsp3) is 0.407. The zero-order valence-corrected chi connectivity index (χ0v) is 19.1. The third-order valence-corrected chi connectivity index (χ3v) is 6.71. The number of hydrogen-bond acceptors (Lipinski definition) is 4. The molecule has 2 aliphatic rings. The van der Waals surface area contributed by atoms with E-state index in [-0.39, 0.29) is 5.91 Å². The number of nitrogens with zero attached hydrogens (tertiary/aromatic N) is 3. The van der Waals surface area contributed by atoms with Crippen molar-refractivity contribution in [1.82, 2.24) is 9.88 Å². The van der Waals surface area contributed by atoms with Crippen molar-refractivity contribution in [3.63, 3.8) is 0 Å². The minimum absolute atomic E-state index is 0.0957. The van der Waals surface area contributed by atoms with Crippen molar-refractivity contribution >= 4 is 22.5 Å². The van der Waals surface area contributed by atoms with Gasteiger partial charge in [-0.15, -0.1) is 0 Å². The predicted molar refractivity (Wildman–Crippen MR) is 128 cm³/mol. The Balaban J connectivity index is 1.42. The smallest absolute Gasteiger partial charge is 0.254 e. The standard InChI is InChI=1S/C27H31N3O2/c1-19-7-12-25-23(17-19)26(22-5-3-4-6-24(22)28-25)27(31)29(2)18-20-8-10-21(11-9-20)30-13-15-32-16-14-30/h7-12,17H,3-6,13-16,18H2,1-2H3. The van der Waals surface area contributed by atoms with Gasteiger partial charge in [-0.3, -0.25) is 9.78 Å². The minimum atomic E-state index is 0.0957. The lowest BCUT2D eigenvalue weighted by atomic mass is 9.89. The van der Waals surface area contributed by atoms with Gasteiger partial charge in [0.2, 0.25) is 0 Å². The first-order chi connectivity index (χ1) is 15.6. The molecule has 1 aliphatic heterocycles. The normalized spacial score (nSPS) is 16.1. The van der Waals surface area contributed by atoms with Crippen LogP contribution in [0, 0.1) is 6.92 Å². The summed E-state index contributed by atoms with van der Waals surface area (Å²) in [6, 6.07) is 14.9. The lowest BCUT2D eigenvalue weighted by molar-refractivity contribution is 0.0785. The van der Waals surface area contributed by atoms with Crippen LogP contribution in [0.3, 0.4) is 0 Å². The van der Waals surface area contributed by atoms with Crippen LogP contribution in [0.1, 0.15) is 45.6 Å². The summed E-state index contributed by atoms with van der Waals surface area (Å²) in [6.45, 7) is 6.08. The van der Waals surface area contributed by atoms with E-state index in [2.05, 4.69) is 54.3 Å². The summed E-state index contributed by atoms with van der Waals surface area (Å²) in [4.78, 5) is 22.9. The molecule has 0 N–H and O–H groups in total. The number of aryl methyl sites for hydroxylation is 2. The van der Waals surface area contributed by atoms with Crippen molar-refractivity contribution in [1.29, 1.82) is 0 Å². The topological polar surface area (TPSA) is 45.7 Å². The van der Waals surface area contributed by atoms with Crippen LogP contribution in [0.4, 0.5) is 5.69 Å². The molecule has 0 unspecified atom stereocenters. The van der Waals surface area contributed by atoms with Gasteiger partial charge >= 0.3 is 0 Å². The number of aromatic nitrogens is 1. The molecule has 0 bridgehead atoms. The Morgan fingerprint density at radius 1 is 1.06 bits per heavy atom. The molecule has 2 aromatic carbocycles. The lowest BCUT2D eigenvalue weighted by Gasteiger charge is -2.29. The SMILES string of the molecule is Cc1ccc2nc3c(c(C(=O)N(C)Cc4ccc(N5CCOCC5)cc4)c2c1)CCCC3. The monoisotopic (exact) mass is 429 g/mol. The van der Waals surface area contributed by atoms with Crippen LogP contribution in [0.2, 0.25) is 0 Å². The van der Waals surface area contributed by atoms with E-state index in [1.54, 1.807) is 0 Å². The van der Waals surface area contributed by atoms with Crippen molar-refractivity contribution in [3.05, 3.63) is 70.4 Å². The number of pyridine rings is 1. The number of carbonyl (C=O) groups is 1. The fourth-order valence-electron chi connectivity index (χ4n) is 4.95. The summed E-state index contributed by atoms with van der Waals surface area (Å²) in [5, 5.41) is 0.991. The van der Waals surface area contributed by atoms with Crippen LogP contribution in [-0.4, -0.2) is 49.1 Å². The molecular weight excluding hydrogens is 398 g/mol. The molecule has 1 amide bonds. The van der Waals surface area contributed by atoms with Crippen molar-refractivity contribution in [2.45, 2.75) is 39.2 Å². The lowest BCUT2D eigenvalue weighted by Crippen LogP contribution is -2.36. The summed E-state index contributed by atoms with van der Waals surface area (Å²) >= 11 is 0. The molecule has 0 radical (unpaired) electrons. The van der Waals surface area contributed by atoms with E-state index in [1.807, 2.05) is 11.9 Å². The van der Waals surface area contributed by atoms with Crippen LogP contribution in [0.15, 0.2) is 42.5 Å². The molecule has 1 saturated heterocycles. The highest BCUT2D eigenvalue weighted by Crippen LogP contribution is 2.31. The van der Waals surface area contributed by atoms with E-state index >= 15 is 0 Å². The maximum absolute atomic E-state index is 13.7. The molecule has 1 aliphatic carbocycles. The van der Waals surface area contributed by atoms with Gasteiger partial charge in [0, 0.05) is 43.4 Å². The fourth-order valence-corrected chi connectivity index (χ4v) is 4.95. The maximum atomic E-state index is 13.7. The van der Waals surface area contributed by atoms with Gasteiger partial charge < -0.3 is 14.5 Å². The third-order valence-electron chi connectivity index (χ3n) is 6.71. The van der Waals surface area contributed by atoms with E-state index in [0.29, 0.717) is 6.54 Å². The Morgan fingerprint density at radius 2 is 1.81 bits per heavy atom. The highest BCUT2D eigenvalue weighted by Gasteiger charge is 2.25. The van der Waals surface area contributed by atoms with Gasteiger partial charge in [-0.25, -0.2) is 0 Å². The van der Waals surface area contributed by atoms with Crippen molar-refractivity contribution in [2.75, 3.05) is 38.3 Å². The number of benzene rings is 2. The first-order valence-corrected chi connectivity index (χ1v) is 11.7. The van der Waals surface area contributed by atoms with Crippen molar-refractivity contribution in [2.24, 2.45) is 0 Å². The van der Waals surface area contributed by atoms with E-state index in [1.165, 1.54) is 5.69 Å². The quantitative estimate of drug-likeness (QED) is 0.611. The Bertz CT molecular complexity index is 1130. The Hall–Kier alpha value is -2.92. The van der Waals surface area contributed by atoms with Gasteiger partial charge in [-0.05, 0) is 68.0 Å². The number of carbonyl (C=O) groups excluding carboxylic acids is 1. The van der Waals surface area contributed by atoms with E-state index in [4.69, 9.17) is 9.72 Å². The molecule has 5 rings (SSSR count). The summed E-state index contributed by atoms with van der Waals surface area (Å²) < 4.78 is 5.45. The molecule has 2 heterocycles. The number of ether oxygens (including phenoxy) is 1. The average molecular weight is 430 g/mol. The zero-order valence-electron chi connectivity index (χ0n) is 19.1. The number of fused-ring (bicyclic) bond motifs is 2. The van der Waals surface area contributed by atoms with Crippen LogP contribution in [0.5, 0.6) is 0 Å². The maximum Gasteiger partial charge on any atom is 0.254 e. The number of anilines is 1. The number of morpholine rings is 1. The largest absolute Gasteiger partial charge is 0.378 e. The number of hydrogen-bond donors (Lipinski definition) is 0. The van der Waals surface area contributed by atoms with Crippen molar-refractivity contribution in [3.8, 4) is 0 Å². The Labute approximate surface area is 190 Å². The van der Waals surface area contributed by atoms with Gasteiger partial charge in [0.25, 0.3) is 5.91 Å². The molecule has 5 nitrogen and oxygen atoms in total. The molecule has 0 spiro atoms. The highest BCUT2D eigenvalue weighted by molar-refractivity contribution is 6.07. The predicted octanol–water partition coefficient (Wildman–Crippen LogP) is 4.53. The van der Waals surface area contributed by atoms with E-state index in [9.17, 15) is 4.79 Å². The van der Waals surface area contributed by atoms with Crippen LogP contribution < -0.4 is 4.90 Å². The summed E-state index contributed by atoms with van der Waals surface area (Å²) in [6.07, 6.45) is 4.18. The second-order valence-electron chi connectivity index (χ2n) is 9.07. The second-order valence-corrected chi connectivity index (χ2v) is 9.07. The van der Waals surface area contributed by atoms with Crippen molar-refractivity contribution < 1.29 is 9.53 Å². The molecule has 1 aromatic heterocycles. The van der Waals surface area contributed by atoms with Gasteiger partial charge in [-0.1, -0.05) is 23.8 Å². The molecular formula is C27H31N3O2. The molecule has 1 fully saturated rings. The van der Waals surface area contributed by atoms with E-state index in [0.717, 1.165) is 90.8 Å². The Kier molecular flexibility index (Phi) is 5.83. The number of rotatable bonds is 4. The van der Waals surface area contributed by atoms with Crippen LogP contribution in [0.25, 0.3) is 10.9 Å². The average Bonchev–Trinajstić information content (AvgIpc) is 2.83. The summed E-state index contributed by atoms with van der Waals surface area (Å²) in [5.74, 6) is 0.0957. The van der Waals surface area contributed by atoms with Gasteiger partial charge in [0.1, 0.15) is 0 Å². The highest BCUT2D eigenvalue weighted by atomic mass is 16.5. The van der Waals surface area contributed by atoms with Crippen LogP contribution >= 0.6 is 0 Å². The number of amides is 1. The summed E-state index contributed by atoms with van der Waals surface area (Å²) in [7, 11) is 1.91. The van der Waals surface area contributed by atoms with E-state index < -0.39 is 0 Å². The molecule has 3 aromatic rings. The Morgan fingerprint density at radius 3 is 2.59 bits per heavy atom. The first-order valence-electron chi connectivity index (χ1n) is 11.7. The first kappa shape index (κ1) is 21.0. The van der Waals surface area contributed by atoms with Crippen LogP contribution in [-0.2, 0) is 24.1 Å². The molecule has 5 heteroatoms. The van der Waals surface area contributed by atoms with Gasteiger partial charge in [0.15, 0.2) is 0 Å². The van der Waals surface area contributed by atoms with Gasteiger partial charge in [-0.2, -0.15) is 0 Å². The van der Waals surface area contributed by atoms with Gasteiger partial charge in [0.05, 0.1) is 24.3 Å². The zero-order chi connectivity index (χ0) is 22.1. The third kappa shape index (κ3) is 4.09. The molecule has 0 saturated carbocycles. The molecule has 0 atom stereocenters. The molecule has 166 valence electrons.